The third-order valence-electron chi connectivity index (χ3n) is 10.6. The predicted molar refractivity (Wildman–Crippen MR) is 153 cm³/mol. The fourth-order valence-corrected chi connectivity index (χ4v) is 8.09. The Hall–Kier alpha value is -2.25. The van der Waals surface area contributed by atoms with Gasteiger partial charge in [-0.1, -0.05) is 64.4 Å². The highest BCUT2D eigenvalue weighted by Gasteiger charge is 2.36. The molecular weight excluding hydrogens is 569 g/mol. The lowest BCUT2D eigenvalue weighted by Crippen LogP contribution is -2.22. The molecule has 2 aromatic carbocycles. The monoisotopic (exact) mass is 612 g/mol. The minimum atomic E-state index is -5.14. The number of fused-ring (bicyclic) bond motifs is 1. The molecule has 2 aromatic rings. The van der Waals surface area contributed by atoms with Crippen LogP contribution in [0.3, 0.4) is 0 Å². The van der Waals surface area contributed by atoms with E-state index in [2.05, 4.69) is 11.7 Å². The molecule has 0 spiro atoms. The molecule has 2 fully saturated rings. The zero-order valence-corrected chi connectivity index (χ0v) is 25.0. The highest BCUT2D eigenvalue weighted by molar-refractivity contribution is 5.40. The van der Waals surface area contributed by atoms with E-state index in [1.807, 2.05) is 0 Å². The molecule has 1 unspecified atom stereocenters. The van der Waals surface area contributed by atoms with Crippen molar-refractivity contribution in [3.63, 3.8) is 0 Å². The van der Waals surface area contributed by atoms with Crippen LogP contribution in [0.25, 0.3) is 0 Å². The van der Waals surface area contributed by atoms with E-state index in [9.17, 15) is 22.0 Å². The molecule has 0 radical (unpaired) electrons. The number of hydrogen-bond acceptors (Lipinski definition) is 1. The molecular formula is C35H43F7O. The average Bonchev–Trinajstić information content (AvgIpc) is 2.98. The summed E-state index contributed by atoms with van der Waals surface area (Å²) in [5, 5.41) is 0. The number of alkyl halides is 3. The molecule has 0 bridgehead atoms. The summed E-state index contributed by atoms with van der Waals surface area (Å²) in [5.41, 5.74) is 1.47. The smallest absolute Gasteiger partial charge is 0.403 e. The van der Waals surface area contributed by atoms with Crippen molar-refractivity contribution in [2.75, 3.05) is 0 Å². The number of halogens is 7. The van der Waals surface area contributed by atoms with Crippen molar-refractivity contribution in [1.29, 1.82) is 0 Å². The molecule has 2 saturated carbocycles. The molecule has 1 atom stereocenters. The topological polar surface area (TPSA) is 9.23 Å². The Morgan fingerprint density at radius 2 is 1.35 bits per heavy atom. The van der Waals surface area contributed by atoms with Gasteiger partial charge in [-0.05, 0) is 110 Å². The summed E-state index contributed by atoms with van der Waals surface area (Å²) >= 11 is 0. The minimum Gasteiger partial charge on any atom is -0.403 e. The Kier molecular flexibility index (Phi) is 10.3. The van der Waals surface area contributed by atoms with Gasteiger partial charge in [-0.3, -0.25) is 0 Å². The van der Waals surface area contributed by atoms with Gasteiger partial charge >= 0.3 is 6.36 Å². The van der Waals surface area contributed by atoms with Gasteiger partial charge in [-0.15, -0.1) is 13.2 Å². The number of ether oxygens (including phenoxy) is 1. The standard InChI is InChI=1S/C35H43F7O/c1-2-3-4-21-5-7-22(8-6-21)9-10-23-11-16-28-26(19-23)20-29(36)31(32(28)37)25-14-12-24(13-15-25)27-17-18-30(34(39)33(27)38)43-35(40,41)42/h17-18,20-25H,2-16,19H2,1H3. The lowest BCUT2D eigenvalue weighted by atomic mass is 9.73. The first-order chi connectivity index (χ1) is 20.5. The van der Waals surface area contributed by atoms with Crippen LogP contribution in [0.5, 0.6) is 5.75 Å². The highest BCUT2D eigenvalue weighted by atomic mass is 19.4. The Bertz CT molecular complexity index is 1240. The van der Waals surface area contributed by atoms with Gasteiger partial charge in [0.25, 0.3) is 0 Å². The van der Waals surface area contributed by atoms with Crippen LogP contribution in [-0.4, -0.2) is 6.36 Å². The van der Waals surface area contributed by atoms with Crippen LogP contribution < -0.4 is 4.74 Å². The molecule has 3 aliphatic rings. The Morgan fingerprint density at radius 1 is 0.721 bits per heavy atom. The van der Waals surface area contributed by atoms with Crippen molar-refractivity contribution in [3.05, 3.63) is 63.7 Å². The zero-order valence-electron chi connectivity index (χ0n) is 25.0. The molecule has 238 valence electrons. The van der Waals surface area contributed by atoms with Gasteiger partial charge in [0.15, 0.2) is 11.6 Å². The number of unbranched alkanes of at least 4 members (excludes halogenated alkanes) is 1. The Balaban J connectivity index is 1.17. The molecule has 8 heteroatoms. The first kappa shape index (κ1) is 32.2. The lowest BCUT2D eigenvalue weighted by Gasteiger charge is -2.33. The van der Waals surface area contributed by atoms with Crippen LogP contribution in [0.4, 0.5) is 30.7 Å². The Labute approximate surface area is 250 Å². The summed E-state index contributed by atoms with van der Waals surface area (Å²) < 4.78 is 101. The van der Waals surface area contributed by atoms with E-state index in [1.165, 1.54) is 57.4 Å². The van der Waals surface area contributed by atoms with E-state index in [-0.39, 0.29) is 17.0 Å². The zero-order chi connectivity index (χ0) is 30.7. The number of rotatable bonds is 9. The molecule has 3 aliphatic carbocycles. The third kappa shape index (κ3) is 7.70. The van der Waals surface area contributed by atoms with Gasteiger partial charge in [0.2, 0.25) is 5.82 Å². The van der Waals surface area contributed by atoms with E-state index >= 15 is 8.78 Å². The number of hydrogen-bond donors (Lipinski definition) is 0. The summed E-state index contributed by atoms with van der Waals surface area (Å²) in [6.07, 6.45) is 10.1. The van der Waals surface area contributed by atoms with Crippen molar-refractivity contribution in [2.45, 2.75) is 128 Å². The molecule has 0 aromatic heterocycles. The first-order valence-corrected chi connectivity index (χ1v) is 16.3. The van der Waals surface area contributed by atoms with Crippen LogP contribution in [0.15, 0.2) is 18.2 Å². The normalized spacial score (nSPS) is 26.3. The largest absolute Gasteiger partial charge is 0.573 e. The summed E-state index contributed by atoms with van der Waals surface area (Å²) in [6.45, 7) is 2.25. The van der Waals surface area contributed by atoms with Crippen LogP contribution in [0.1, 0.15) is 131 Å². The molecule has 0 N–H and O–H groups in total. The predicted octanol–water partition coefficient (Wildman–Crippen LogP) is 11.5. The number of benzene rings is 2. The van der Waals surface area contributed by atoms with E-state index < -0.39 is 41.3 Å². The summed E-state index contributed by atoms with van der Waals surface area (Å²) in [7, 11) is 0. The van der Waals surface area contributed by atoms with Crippen molar-refractivity contribution >= 4 is 0 Å². The van der Waals surface area contributed by atoms with Crippen LogP contribution in [0.2, 0.25) is 0 Å². The van der Waals surface area contributed by atoms with E-state index in [0.717, 1.165) is 42.4 Å². The van der Waals surface area contributed by atoms with E-state index in [4.69, 9.17) is 0 Å². The molecule has 43 heavy (non-hydrogen) atoms. The highest BCUT2D eigenvalue weighted by Crippen LogP contribution is 2.45. The van der Waals surface area contributed by atoms with Gasteiger partial charge in [0, 0.05) is 5.56 Å². The first-order valence-electron chi connectivity index (χ1n) is 16.3. The second-order valence-corrected chi connectivity index (χ2v) is 13.3. The maximum atomic E-state index is 15.8. The Morgan fingerprint density at radius 3 is 2.00 bits per heavy atom. The van der Waals surface area contributed by atoms with Gasteiger partial charge in [-0.2, -0.15) is 4.39 Å². The summed E-state index contributed by atoms with van der Waals surface area (Å²) in [5.74, 6) is -3.96. The van der Waals surface area contributed by atoms with Crippen molar-refractivity contribution in [3.8, 4) is 5.75 Å². The van der Waals surface area contributed by atoms with Crippen LogP contribution in [-0.2, 0) is 12.8 Å². The van der Waals surface area contributed by atoms with Gasteiger partial charge in [0.1, 0.15) is 11.6 Å². The van der Waals surface area contributed by atoms with Gasteiger partial charge in [-0.25, -0.2) is 13.2 Å². The van der Waals surface area contributed by atoms with E-state index in [0.29, 0.717) is 50.0 Å². The fourth-order valence-electron chi connectivity index (χ4n) is 8.09. The maximum Gasteiger partial charge on any atom is 0.573 e. The third-order valence-corrected chi connectivity index (χ3v) is 10.6. The quantitative estimate of drug-likeness (QED) is 0.256. The average molecular weight is 613 g/mol. The van der Waals surface area contributed by atoms with E-state index in [1.54, 1.807) is 0 Å². The van der Waals surface area contributed by atoms with Crippen molar-refractivity contribution < 1.29 is 35.5 Å². The maximum absolute atomic E-state index is 15.8. The minimum absolute atomic E-state index is 0.0348. The molecule has 0 heterocycles. The molecule has 5 rings (SSSR count). The fraction of sp³-hybridized carbons (Fsp3) is 0.657. The summed E-state index contributed by atoms with van der Waals surface area (Å²) in [4.78, 5) is 0. The van der Waals surface area contributed by atoms with Crippen molar-refractivity contribution in [1.82, 2.24) is 0 Å². The summed E-state index contributed by atoms with van der Waals surface area (Å²) in [6, 6.07) is 3.42. The van der Waals surface area contributed by atoms with Crippen molar-refractivity contribution in [2.24, 2.45) is 17.8 Å². The molecule has 0 amide bonds. The lowest BCUT2D eigenvalue weighted by molar-refractivity contribution is -0.275. The molecule has 0 aliphatic heterocycles. The molecule has 1 nitrogen and oxygen atoms in total. The molecule has 0 saturated heterocycles. The SMILES string of the molecule is CCCCC1CCC(CCC2CCc3c(cc(F)c(C4CCC(c5ccc(OC(F)(F)F)c(F)c5F)CC4)c3F)C2)CC1. The van der Waals surface area contributed by atoms with Crippen LogP contribution in [0, 0.1) is 41.0 Å². The second kappa shape index (κ2) is 13.8. The van der Waals surface area contributed by atoms with Gasteiger partial charge < -0.3 is 4.74 Å². The van der Waals surface area contributed by atoms with Gasteiger partial charge in [0.05, 0.1) is 0 Å². The van der Waals surface area contributed by atoms with Crippen LogP contribution >= 0.6 is 0 Å². The second-order valence-electron chi connectivity index (χ2n) is 13.3.